The Balaban J connectivity index is 4.11. The first-order valence-corrected chi connectivity index (χ1v) is 5.38. The molecule has 2 nitrogen and oxygen atoms in total. The molecule has 0 spiro atoms. The normalized spacial score (nSPS) is 11.0. The Morgan fingerprint density at radius 1 is 1.31 bits per heavy atom. The maximum absolute atomic E-state index is 11.7. The highest BCUT2D eigenvalue weighted by Gasteiger charge is 2.16. The fraction of sp³-hybridized carbons (Fsp3) is 0.900. The third kappa shape index (κ3) is 5.14. The third-order valence-corrected chi connectivity index (χ3v) is 2.02. The van der Waals surface area contributed by atoms with Gasteiger partial charge in [0.1, 0.15) is 0 Å². The van der Waals surface area contributed by atoms with Gasteiger partial charge in [0, 0.05) is 24.9 Å². The number of hydrogen-bond acceptors (Lipinski definition) is 1. The molecular formula is C10H20ClNO. The average molecular weight is 206 g/mol. The summed E-state index contributed by atoms with van der Waals surface area (Å²) in [5.41, 5.74) is 0. The molecule has 0 atom stereocenters. The van der Waals surface area contributed by atoms with E-state index in [4.69, 9.17) is 11.6 Å². The molecule has 0 heterocycles. The minimum atomic E-state index is 0.214. The number of halogens is 1. The Morgan fingerprint density at radius 2 is 1.85 bits per heavy atom. The van der Waals surface area contributed by atoms with Crippen molar-refractivity contribution in [3.8, 4) is 0 Å². The molecule has 1 amide bonds. The van der Waals surface area contributed by atoms with Crippen LogP contribution in [-0.4, -0.2) is 29.3 Å². The predicted molar refractivity (Wildman–Crippen MR) is 57.0 cm³/mol. The van der Waals surface area contributed by atoms with Crippen molar-refractivity contribution >= 4 is 17.5 Å². The number of rotatable bonds is 5. The highest BCUT2D eigenvalue weighted by atomic mass is 35.5. The number of alkyl halides is 1. The van der Waals surface area contributed by atoms with E-state index in [2.05, 4.69) is 13.8 Å². The van der Waals surface area contributed by atoms with Crippen molar-refractivity contribution in [1.82, 2.24) is 4.90 Å². The van der Waals surface area contributed by atoms with Gasteiger partial charge >= 0.3 is 0 Å². The summed E-state index contributed by atoms with van der Waals surface area (Å²) < 4.78 is 0. The van der Waals surface area contributed by atoms with Crippen molar-refractivity contribution in [2.24, 2.45) is 5.92 Å². The number of hydrogen-bond donors (Lipinski definition) is 0. The fourth-order valence-electron chi connectivity index (χ4n) is 1.23. The van der Waals surface area contributed by atoms with E-state index in [-0.39, 0.29) is 11.9 Å². The van der Waals surface area contributed by atoms with E-state index in [0.29, 0.717) is 24.8 Å². The van der Waals surface area contributed by atoms with E-state index in [1.54, 1.807) is 0 Å². The van der Waals surface area contributed by atoms with E-state index >= 15 is 0 Å². The van der Waals surface area contributed by atoms with Crippen LogP contribution in [0.5, 0.6) is 0 Å². The van der Waals surface area contributed by atoms with Crippen LogP contribution in [0.25, 0.3) is 0 Å². The lowest BCUT2D eigenvalue weighted by molar-refractivity contribution is -0.133. The van der Waals surface area contributed by atoms with Crippen LogP contribution in [0.15, 0.2) is 0 Å². The lowest BCUT2D eigenvalue weighted by Crippen LogP contribution is -2.38. The van der Waals surface area contributed by atoms with Gasteiger partial charge < -0.3 is 4.90 Å². The summed E-state index contributed by atoms with van der Waals surface area (Å²) in [5.74, 6) is 1.15. The monoisotopic (exact) mass is 205 g/mol. The summed E-state index contributed by atoms with van der Waals surface area (Å²) in [6.45, 7) is 8.80. The van der Waals surface area contributed by atoms with Gasteiger partial charge in [0.25, 0.3) is 0 Å². The number of amides is 1. The summed E-state index contributed by atoms with van der Waals surface area (Å²) >= 11 is 5.63. The van der Waals surface area contributed by atoms with E-state index < -0.39 is 0 Å². The molecular weight excluding hydrogens is 186 g/mol. The van der Waals surface area contributed by atoms with E-state index in [1.807, 2.05) is 18.7 Å². The Bertz CT molecular complexity index is 157. The molecule has 13 heavy (non-hydrogen) atoms. The molecule has 0 radical (unpaired) electrons. The number of carbonyl (C=O) groups is 1. The van der Waals surface area contributed by atoms with Crippen molar-refractivity contribution in [3.05, 3.63) is 0 Å². The molecule has 0 aliphatic rings. The molecule has 78 valence electrons. The number of nitrogens with zero attached hydrogens (tertiary/aromatic N) is 1. The van der Waals surface area contributed by atoms with Gasteiger partial charge in [-0.15, -0.1) is 11.6 Å². The lowest BCUT2D eigenvalue weighted by Gasteiger charge is -2.26. The molecule has 0 bridgehead atoms. The molecule has 3 heteroatoms. The van der Waals surface area contributed by atoms with Gasteiger partial charge in [0.2, 0.25) is 5.91 Å². The van der Waals surface area contributed by atoms with Crippen LogP contribution >= 0.6 is 11.6 Å². The van der Waals surface area contributed by atoms with E-state index in [1.165, 1.54) is 0 Å². The zero-order valence-corrected chi connectivity index (χ0v) is 9.77. The van der Waals surface area contributed by atoms with Crippen LogP contribution in [0.4, 0.5) is 0 Å². The van der Waals surface area contributed by atoms with Crippen molar-refractivity contribution in [1.29, 1.82) is 0 Å². The molecule has 0 fully saturated rings. The van der Waals surface area contributed by atoms with Crippen LogP contribution in [0.2, 0.25) is 0 Å². The van der Waals surface area contributed by atoms with Crippen LogP contribution in [0, 0.1) is 5.92 Å². The molecule has 0 saturated carbocycles. The fourth-order valence-corrected chi connectivity index (χ4v) is 1.41. The highest BCUT2D eigenvalue weighted by molar-refractivity contribution is 6.18. The van der Waals surface area contributed by atoms with Crippen molar-refractivity contribution in [2.45, 2.75) is 40.2 Å². The van der Waals surface area contributed by atoms with Crippen LogP contribution in [-0.2, 0) is 4.79 Å². The van der Waals surface area contributed by atoms with Crippen LogP contribution in [0.1, 0.15) is 34.1 Å². The smallest absolute Gasteiger partial charge is 0.223 e. The molecule has 0 aromatic heterocycles. The first-order valence-electron chi connectivity index (χ1n) is 4.84. The van der Waals surface area contributed by atoms with Crippen molar-refractivity contribution in [3.63, 3.8) is 0 Å². The number of carbonyl (C=O) groups excluding carboxylic acids is 1. The van der Waals surface area contributed by atoms with Gasteiger partial charge in [0.05, 0.1) is 0 Å². The maximum Gasteiger partial charge on any atom is 0.223 e. The van der Waals surface area contributed by atoms with E-state index in [0.717, 1.165) is 0 Å². The minimum Gasteiger partial charge on any atom is -0.339 e. The van der Waals surface area contributed by atoms with Gasteiger partial charge in [-0.3, -0.25) is 4.79 Å². The second-order valence-electron chi connectivity index (χ2n) is 3.97. The van der Waals surface area contributed by atoms with Gasteiger partial charge in [-0.2, -0.15) is 0 Å². The predicted octanol–water partition coefficient (Wildman–Crippen LogP) is 2.51. The summed E-state index contributed by atoms with van der Waals surface area (Å²) in [4.78, 5) is 13.5. The lowest BCUT2D eigenvalue weighted by atomic mass is 10.1. The van der Waals surface area contributed by atoms with Gasteiger partial charge in [-0.25, -0.2) is 0 Å². The third-order valence-electron chi connectivity index (χ3n) is 1.85. The molecule has 0 aliphatic heterocycles. The zero-order chi connectivity index (χ0) is 10.4. The quantitative estimate of drug-likeness (QED) is 0.632. The molecule has 0 saturated heterocycles. The first-order chi connectivity index (χ1) is 5.99. The van der Waals surface area contributed by atoms with Gasteiger partial charge in [-0.05, 0) is 19.8 Å². The zero-order valence-electron chi connectivity index (χ0n) is 9.01. The molecule has 0 aromatic rings. The Labute approximate surface area is 86.2 Å². The molecule has 0 aliphatic carbocycles. The average Bonchev–Trinajstić information content (AvgIpc) is 1.97. The SMILES string of the molecule is CC(C)CC(=O)N(CCCl)C(C)C. The first kappa shape index (κ1) is 12.8. The molecule has 0 aromatic carbocycles. The second-order valence-corrected chi connectivity index (χ2v) is 4.35. The molecule has 0 rings (SSSR count). The standard InChI is InChI=1S/C10H20ClNO/c1-8(2)7-10(13)12(6-5-11)9(3)4/h8-9H,5-7H2,1-4H3. The van der Waals surface area contributed by atoms with Crippen molar-refractivity contribution < 1.29 is 4.79 Å². The largest absolute Gasteiger partial charge is 0.339 e. The summed E-state index contributed by atoms with van der Waals surface area (Å²) in [7, 11) is 0. The summed E-state index contributed by atoms with van der Waals surface area (Å²) in [6.07, 6.45) is 0.620. The second kappa shape index (κ2) is 6.25. The van der Waals surface area contributed by atoms with E-state index in [9.17, 15) is 4.79 Å². The van der Waals surface area contributed by atoms with Gasteiger partial charge in [0.15, 0.2) is 0 Å². The Kier molecular flexibility index (Phi) is 6.13. The Hall–Kier alpha value is -0.240. The summed E-state index contributed by atoms with van der Waals surface area (Å²) in [6, 6.07) is 0.255. The molecule has 0 N–H and O–H groups in total. The maximum atomic E-state index is 11.7. The van der Waals surface area contributed by atoms with Crippen LogP contribution < -0.4 is 0 Å². The molecule has 0 unspecified atom stereocenters. The Morgan fingerprint density at radius 3 is 2.15 bits per heavy atom. The van der Waals surface area contributed by atoms with Gasteiger partial charge in [-0.1, -0.05) is 13.8 Å². The topological polar surface area (TPSA) is 20.3 Å². The summed E-state index contributed by atoms with van der Waals surface area (Å²) in [5, 5.41) is 0. The van der Waals surface area contributed by atoms with Crippen LogP contribution in [0.3, 0.4) is 0 Å². The highest BCUT2D eigenvalue weighted by Crippen LogP contribution is 2.07. The van der Waals surface area contributed by atoms with Crippen molar-refractivity contribution in [2.75, 3.05) is 12.4 Å². The minimum absolute atomic E-state index is 0.214.